The first-order valence-corrected chi connectivity index (χ1v) is 8.84. The quantitative estimate of drug-likeness (QED) is 0.267. The Bertz CT molecular complexity index is 495. The molecule has 0 saturated carbocycles. The Labute approximate surface area is 157 Å². The Balaban J connectivity index is 2.19. The van der Waals surface area contributed by atoms with Crippen LogP contribution in [-0.2, 0) is 23.7 Å². The van der Waals surface area contributed by atoms with Crippen molar-refractivity contribution in [1.82, 2.24) is 5.32 Å². The average molecular weight is 394 g/mol. The van der Waals surface area contributed by atoms with Gasteiger partial charge >= 0.3 is 0 Å². The van der Waals surface area contributed by atoms with Gasteiger partial charge in [0.05, 0.1) is 31.5 Å². The molecule has 0 aromatic heterocycles. The minimum atomic E-state index is -1.32. The molecular formula is C16H30N2O9. The van der Waals surface area contributed by atoms with E-state index < -0.39 is 73.6 Å². The molecule has 1 amide bonds. The van der Waals surface area contributed by atoms with Crippen LogP contribution in [-0.4, -0.2) is 102 Å². The van der Waals surface area contributed by atoms with Gasteiger partial charge in [-0.1, -0.05) is 6.92 Å². The van der Waals surface area contributed by atoms with Gasteiger partial charge in [0.25, 0.3) is 0 Å². The Morgan fingerprint density at radius 1 is 1.11 bits per heavy atom. The molecule has 2 fully saturated rings. The molecule has 158 valence electrons. The average Bonchev–Trinajstić information content (AvgIpc) is 2.64. The molecule has 0 aromatic rings. The lowest BCUT2D eigenvalue weighted by Crippen LogP contribution is -2.67. The number of hydrogen-bond donors (Lipinski definition) is 6. The number of methoxy groups -OCH3 is 1. The third-order valence-corrected chi connectivity index (χ3v) is 5.07. The predicted molar refractivity (Wildman–Crippen MR) is 90.1 cm³/mol. The zero-order chi connectivity index (χ0) is 20.3. The van der Waals surface area contributed by atoms with E-state index in [1.807, 2.05) is 0 Å². The number of carbonyl (C=O) groups excluding carboxylic acids is 1. The number of hydrogen-bond acceptors (Lipinski definition) is 10. The molecule has 2 aliphatic rings. The third kappa shape index (κ3) is 4.75. The number of aliphatic hydroxyl groups is 4. The van der Waals surface area contributed by atoms with Crippen LogP contribution in [0, 0.1) is 5.92 Å². The van der Waals surface area contributed by atoms with E-state index in [0.29, 0.717) is 0 Å². The van der Waals surface area contributed by atoms with Crippen molar-refractivity contribution in [3.05, 3.63) is 0 Å². The first kappa shape index (κ1) is 22.4. The van der Waals surface area contributed by atoms with E-state index in [1.165, 1.54) is 14.0 Å². The second kappa shape index (κ2) is 9.54. The lowest BCUT2D eigenvalue weighted by molar-refractivity contribution is -0.323. The SMILES string of the molecule is COC1OC(CO)C(OC2OC(CO)C(C)C(O)C2N)C(O)C1NC(C)=O. The van der Waals surface area contributed by atoms with Gasteiger partial charge in [0.1, 0.15) is 24.4 Å². The molecule has 0 bridgehead atoms. The molecule has 0 spiro atoms. The van der Waals surface area contributed by atoms with E-state index in [1.54, 1.807) is 6.92 Å². The second-order valence-electron chi connectivity index (χ2n) is 6.93. The molecule has 27 heavy (non-hydrogen) atoms. The fourth-order valence-electron chi connectivity index (χ4n) is 3.43. The number of amides is 1. The zero-order valence-corrected chi connectivity index (χ0v) is 15.6. The van der Waals surface area contributed by atoms with Crippen molar-refractivity contribution in [1.29, 1.82) is 0 Å². The van der Waals surface area contributed by atoms with Crippen LogP contribution in [0.4, 0.5) is 0 Å². The van der Waals surface area contributed by atoms with Crippen molar-refractivity contribution in [2.75, 3.05) is 20.3 Å². The summed E-state index contributed by atoms with van der Waals surface area (Å²) in [5, 5.41) is 42.6. The summed E-state index contributed by atoms with van der Waals surface area (Å²) < 4.78 is 22.1. The van der Waals surface area contributed by atoms with Gasteiger partial charge in [0, 0.05) is 20.0 Å². The molecule has 2 saturated heterocycles. The van der Waals surface area contributed by atoms with Gasteiger partial charge in [-0.25, -0.2) is 0 Å². The highest BCUT2D eigenvalue weighted by atomic mass is 16.7. The normalized spacial score (nSPS) is 45.5. The molecule has 11 heteroatoms. The van der Waals surface area contributed by atoms with Crippen molar-refractivity contribution >= 4 is 5.91 Å². The van der Waals surface area contributed by atoms with Gasteiger partial charge in [-0.3, -0.25) is 4.79 Å². The number of ether oxygens (including phenoxy) is 4. The van der Waals surface area contributed by atoms with Crippen LogP contribution in [0.5, 0.6) is 0 Å². The standard InChI is InChI=1S/C16H30N2O9/c1-6-8(4-19)25-15(10(17)12(6)22)27-14-9(5-20)26-16(24-3)11(13(14)23)18-7(2)21/h6,8-16,19-20,22-23H,4-5,17H2,1-3H3,(H,18,21). The summed E-state index contributed by atoms with van der Waals surface area (Å²) in [6.45, 7) is 2.11. The molecule has 2 aliphatic heterocycles. The number of nitrogens with one attached hydrogen (secondary N) is 1. The second-order valence-corrected chi connectivity index (χ2v) is 6.93. The van der Waals surface area contributed by atoms with Crippen LogP contribution in [0.15, 0.2) is 0 Å². The highest BCUT2D eigenvalue weighted by Crippen LogP contribution is 2.30. The Kier molecular flexibility index (Phi) is 7.92. The molecule has 10 unspecified atom stereocenters. The van der Waals surface area contributed by atoms with E-state index in [9.17, 15) is 25.2 Å². The van der Waals surface area contributed by atoms with E-state index >= 15 is 0 Å². The lowest BCUT2D eigenvalue weighted by Gasteiger charge is -2.47. The number of carbonyl (C=O) groups is 1. The molecular weight excluding hydrogens is 364 g/mol. The van der Waals surface area contributed by atoms with E-state index in [-0.39, 0.29) is 6.61 Å². The smallest absolute Gasteiger partial charge is 0.217 e. The maximum atomic E-state index is 11.5. The van der Waals surface area contributed by atoms with Crippen molar-refractivity contribution in [2.45, 2.75) is 69.0 Å². The first-order chi connectivity index (χ1) is 12.7. The Hall–Kier alpha value is -0.890. The van der Waals surface area contributed by atoms with Crippen LogP contribution < -0.4 is 11.1 Å². The van der Waals surface area contributed by atoms with Gasteiger partial charge in [0.15, 0.2) is 12.6 Å². The van der Waals surface area contributed by atoms with Crippen molar-refractivity contribution in [3.8, 4) is 0 Å². The lowest BCUT2D eigenvalue weighted by atomic mass is 9.89. The molecule has 2 heterocycles. The number of nitrogens with two attached hydrogens (primary N) is 1. The van der Waals surface area contributed by atoms with Gasteiger partial charge in [-0.05, 0) is 0 Å². The van der Waals surface area contributed by atoms with E-state index in [0.717, 1.165) is 0 Å². The van der Waals surface area contributed by atoms with Gasteiger partial charge < -0.3 is 50.4 Å². The highest BCUT2D eigenvalue weighted by molar-refractivity contribution is 5.73. The van der Waals surface area contributed by atoms with Gasteiger partial charge in [-0.15, -0.1) is 0 Å². The topological polar surface area (TPSA) is 173 Å². The third-order valence-electron chi connectivity index (χ3n) is 5.07. The summed E-state index contributed by atoms with van der Waals surface area (Å²) in [7, 11) is 1.34. The van der Waals surface area contributed by atoms with Crippen LogP contribution in [0.1, 0.15) is 13.8 Å². The maximum absolute atomic E-state index is 11.5. The summed E-state index contributed by atoms with van der Waals surface area (Å²) in [5.74, 6) is -0.836. The summed E-state index contributed by atoms with van der Waals surface area (Å²) in [4.78, 5) is 11.5. The highest BCUT2D eigenvalue weighted by Gasteiger charge is 2.50. The Morgan fingerprint density at radius 2 is 1.70 bits per heavy atom. The predicted octanol–water partition coefficient (Wildman–Crippen LogP) is -3.36. The largest absolute Gasteiger partial charge is 0.394 e. The Morgan fingerprint density at radius 3 is 2.22 bits per heavy atom. The van der Waals surface area contributed by atoms with Crippen LogP contribution in [0.3, 0.4) is 0 Å². The van der Waals surface area contributed by atoms with E-state index in [2.05, 4.69) is 5.32 Å². The fraction of sp³-hybridized carbons (Fsp3) is 0.938. The molecule has 10 atom stereocenters. The molecule has 7 N–H and O–H groups in total. The molecule has 0 aromatic carbocycles. The fourth-order valence-corrected chi connectivity index (χ4v) is 3.43. The van der Waals surface area contributed by atoms with Crippen LogP contribution in [0.2, 0.25) is 0 Å². The summed E-state index contributed by atoms with van der Waals surface area (Å²) in [6.07, 6.45) is -7.32. The van der Waals surface area contributed by atoms with Crippen molar-refractivity contribution in [3.63, 3.8) is 0 Å². The van der Waals surface area contributed by atoms with Crippen molar-refractivity contribution < 1.29 is 44.2 Å². The number of aliphatic hydroxyl groups excluding tert-OH is 4. The minimum absolute atomic E-state index is 0.349. The van der Waals surface area contributed by atoms with Gasteiger partial charge in [-0.2, -0.15) is 0 Å². The van der Waals surface area contributed by atoms with E-state index in [4.69, 9.17) is 24.7 Å². The van der Waals surface area contributed by atoms with Crippen molar-refractivity contribution in [2.24, 2.45) is 11.7 Å². The summed E-state index contributed by atoms with van der Waals surface area (Å²) >= 11 is 0. The summed E-state index contributed by atoms with van der Waals surface area (Å²) in [6, 6.07) is -1.91. The first-order valence-electron chi connectivity index (χ1n) is 8.84. The van der Waals surface area contributed by atoms with Crippen LogP contribution in [0.25, 0.3) is 0 Å². The zero-order valence-electron chi connectivity index (χ0n) is 15.6. The molecule has 11 nitrogen and oxygen atoms in total. The molecule has 0 radical (unpaired) electrons. The molecule has 0 aliphatic carbocycles. The van der Waals surface area contributed by atoms with Crippen LogP contribution >= 0.6 is 0 Å². The summed E-state index contributed by atoms with van der Waals surface area (Å²) in [5.41, 5.74) is 5.99. The maximum Gasteiger partial charge on any atom is 0.217 e. The van der Waals surface area contributed by atoms with Gasteiger partial charge in [0.2, 0.25) is 5.91 Å². The monoisotopic (exact) mass is 394 g/mol. The number of rotatable bonds is 6. The molecule has 2 rings (SSSR count). The minimum Gasteiger partial charge on any atom is -0.394 e.